The quantitative estimate of drug-likeness (QED) is 0.432. The largest absolute Gasteiger partial charge is 0.457 e. The van der Waals surface area contributed by atoms with Crippen LogP contribution in [0.2, 0.25) is 0 Å². The molecule has 0 saturated heterocycles. The molecule has 0 unspecified atom stereocenters. The molecule has 0 aliphatic heterocycles. The Kier molecular flexibility index (Phi) is 6.25. The van der Waals surface area contributed by atoms with Crippen LogP contribution >= 0.6 is 0 Å². The maximum atomic E-state index is 14.6. The summed E-state index contributed by atoms with van der Waals surface area (Å²) < 4.78 is 21.9. The first kappa shape index (κ1) is 21.9. The lowest BCUT2D eigenvalue weighted by atomic mass is 10.1. The molecular formula is C23H22FN7O2. The molecule has 10 heteroatoms. The van der Waals surface area contributed by atoms with Crippen molar-refractivity contribution in [3.8, 4) is 22.9 Å². The molecule has 33 heavy (non-hydrogen) atoms. The van der Waals surface area contributed by atoms with E-state index in [0.717, 1.165) is 5.56 Å². The van der Waals surface area contributed by atoms with Crippen LogP contribution in [0.25, 0.3) is 11.4 Å². The van der Waals surface area contributed by atoms with Crippen molar-refractivity contribution in [3.05, 3.63) is 72.6 Å². The van der Waals surface area contributed by atoms with Gasteiger partial charge >= 0.3 is 6.03 Å². The highest BCUT2D eigenvalue weighted by Crippen LogP contribution is 2.27. The number of rotatable bonds is 6. The van der Waals surface area contributed by atoms with E-state index in [1.807, 2.05) is 19.9 Å². The minimum atomic E-state index is -0.639. The number of nitrogens with zero attached hydrogens (tertiary/aromatic N) is 5. The molecule has 0 radical (unpaired) electrons. The maximum absolute atomic E-state index is 14.6. The summed E-state index contributed by atoms with van der Waals surface area (Å²) in [6.07, 6.45) is 6.57. The Morgan fingerprint density at radius 2 is 1.88 bits per heavy atom. The Balaban J connectivity index is 1.42. The number of hydrogen-bond donors (Lipinski definition) is 2. The van der Waals surface area contributed by atoms with Crippen LogP contribution in [0.15, 0.2) is 61.2 Å². The van der Waals surface area contributed by atoms with E-state index in [4.69, 9.17) is 4.74 Å². The molecular weight excluding hydrogens is 425 g/mol. The van der Waals surface area contributed by atoms with Crippen LogP contribution in [0.3, 0.4) is 0 Å². The van der Waals surface area contributed by atoms with Crippen LogP contribution in [-0.4, -0.2) is 31.0 Å². The molecule has 4 aromatic rings. The standard InChI is InChI=1S/C23H22FN7O2/c1-14(2)15-8-16(12-25-11-15)27-23(32)28-20-5-4-17(9-19(20)24)33-18-6-7-26-21(10-18)22-13-31(3)30-29-22/h4-14H,1-3H3,(H2,27,28,32). The van der Waals surface area contributed by atoms with Crippen LogP contribution in [-0.2, 0) is 7.05 Å². The number of pyridine rings is 2. The number of benzene rings is 1. The summed E-state index contributed by atoms with van der Waals surface area (Å²) >= 11 is 0. The predicted molar refractivity (Wildman–Crippen MR) is 122 cm³/mol. The first-order chi connectivity index (χ1) is 15.9. The van der Waals surface area contributed by atoms with E-state index in [1.54, 1.807) is 48.5 Å². The van der Waals surface area contributed by atoms with Gasteiger partial charge < -0.3 is 15.4 Å². The van der Waals surface area contributed by atoms with Gasteiger partial charge in [0.25, 0.3) is 0 Å². The highest BCUT2D eigenvalue weighted by atomic mass is 19.1. The molecule has 0 fully saturated rings. The summed E-state index contributed by atoms with van der Waals surface area (Å²) in [5.74, 6) is 0.355. The zero-order chi connectivity index (χ0) is 23.4. The molecule has 3 heterocycles. The van der Waals surface area contributed by atoms with Gasteiger partial charge in [0.2, 0.25) is 0 Å². The van der Waals surface area contributed by atoms with E-state index in [1.165, 1.54) is 18.3 Å². The van der Waals surface area contributed by atoms with E-state index in [0.29, 0.717) is 22.8 Å². The molecule has 0 saturated carbocycles. The van der Waals surface area contributed by atoms with Crippen molar-refractivity contribution in [2.24, 2.45) is 7.05 Å². The molecule has 168 valence electrons. The number of halogens is 1. The smallest absolute Gasteiger partial charge is 0.323 e. The SMILES string of the molecule is CC(C)c1cncc(NC(=O)Nc2ccc(Oc3ccnc(-c4cn(C)nn4)c3)cc2F)c1. The van der Waals surface area contributed by atoms with Gasteiger partial charge in [-0.3, -0.25) is 14.6 Å². The topological polar surface area (TPSA) is 107 Å². The highest BCUT2D eigenvalue weighted by Gasteiger charge is 2.11. The highest BCUT2D eigenvalue weighted by molar-refractivity contribution is 5.99. The maximum Gasteiger partial charge on any atom is 0.323 e. The van der Waals surface area contributed by atoms with Crippen LogP contribution in [0.5, 0.6) is 11.5 Å². The Bertz CT molecular complexity index is 1290. The fourth-order valence-corrected chi connectivity index (χ4v) is 3.00. The minimum Gasteiger partial charge on any atom is -0.457 e. The Morgan fingerprint density at radius 1 is 1.06 bits per heavy atom. The lowest BCUT2D eigenvalue weighted by molar-refractivity contribution is 0.262. The third kappa shape index (κ3) is 5.48. The van der Waals surface area contributed by atoms with Gasteiger partial charge in [-0.15, -0.1) is 5.10 Å². The second kappa shape index (κ2) is 9.43. The Morgan fingerprint density at radius 3 is 2.61 bits per heavy atom. The van der Waals surface area contributed by atoms with Crippen molar-refractivity contribution in [2.75, 3.05) is 10.6 Å². The third-order valence-corrected chi connectivity index (χ3v) is 4.70. The lowest BCUT2D eigenvalue weighted by Crippen LogP contribution is -2.20. The average Bonchev–Trinajstić information content (AvgIpc) is 3.22. The summed E-state index contributed by atoms with van der Waals surface area (Å²) in [6.45, 7) is 4.06. The molecule has 2 amide bonds. The molecule has 0 aliphatic rings. The van der Waals surface area contributed by atoms with Gasteiger partial charge in [-0.05, 0) is 35.7 Å². The number of hydrogen-bond acceptors (Lipinski definition) is 6. The molecule has 1 aromatic carbocycles. The summed E-state index contributed by atoms with van der Waals surface area (Å²) in [7, 11) is 1.76. The van der Waals surface area contributed by atoms with Crippen molar-refractivity contribution in [2.45, 2.75) is 19.8 Å². The van der Waals surface area contributed by atoms with Crippen LogP contribution < -0.4 is 15.4 Å². The van der Waals surface area contributed by atoms with Gasteiger partial charge in [-0.2, -0.15) is 0 Å². The molecule has 0 atom stereocenters. The van der Waals surface area contributed by atoms with Crippen LogP contribution in [0.1, 0.15) is 25.3 Å². The number of aromatic nitrogens is 5. The fourth-order valence-electron chi connectivity index (χ4n) is 3.00. The number of amides is 2. The summed E-state index contributed by atoms with van der Waals surface area (Å²) in [5.41, 5.74) is 2.69. The van der Waals surface area contributed by atoms with Gasteiger partial charge in [-0.25, -0.2) is 9.18 Å². The monoisotopic (exact) mass is 447 g/mol. The van der Waals surface area contributed by atoms with Crippen molar-refractivity contribution in [3.63, 3.8) is 0 Å². The van der Waals surface area contributed by atoms with Crippen molar-refractivity contribution < 1.29 is 13.9 Å². The summed E-state index contributed by atoms with van der Waals surface area (Å²) in [4.78, 5) is 20.7. The number of ether oxygens (including phenoxy) is 1. The lowest BCUT2D eigenvalue weighted by Gasteiger charge is -2.12. The van der Waals surface area contributed by atoms with E-state index < -0.39 is 11.8 Å². The molecule has 0 aliphatic carbocycles. The van der Waals surface area contributed by atoms with Gasteiger partial charge in [0.15, 0.2) is 0 Å². The van der Waals surface area contributed by atoms with E-state index in [-0.39, 0.29) is 17.4 Å². The molecule has 9 nitrogen and oxygen atoms in total. The van der Waals surface area contributed by atoms with Crippen molar-refractivity contribution in [1.29, 1.82) is 0 Å². The number of carbonyl (C=O) groups excluding carboxylic acids is 1. The van der Waals surface area contributed by atoms with Crippen molar-refractivity contribution >= 4 is 17.4 Å². The van der Waals surface area contributed by atoms with Gasteiger partial charge in [-0.1, -0.05) is 19.1 Å². The van der Waals surface area contributed by atoms with E-state index >= 15 is 0 Å². The number of nitrogens with one attached hydrogen (secondary N) is 2. The molecule has 3 aromatic heterocycles. The summed E-state index contributed by atoms with van der Waals surface area (Å²) in [6, 6.07) is 8.76. The third-order valence-electron chi connectivity index (χ3n) is 4.70. The Hall–Kier alpha value is -4.34. The van der Waals surface area contributed by atoms with Gasteiger partial charge in [0, 0.05) is 31.6 Å². The number of anilines is 2. The molecule has 0 bridgehead atoms. The second-order valence-corrected chi connectivity index (χ2v) is 7.64. The fraction of sp³-hybridized carbons (Fsp3) is 0.174. The summed E-state index contributed by atoms with van der Waals surface area (Å²) in [5, 5.41) is 13.1. The number of urea groups is 1. The van der Waals surface area contributed by atoms with E-state index in [2.05, 4.69) is 30.9 Å². The average molecular weight is 447 g/mol. The second-order valence-electron chi connectivity index (χ2n) is 7.64. The van der Waals surface area contributed by atoms with Crippen LogP contribution in [0, 0.1) is 5.82 Å². The van der Waals surface area contributed by atoms with E-state index in [9.17, 15) is 9.18 Å². The first-order valence-corrected chi connectivity index (χ1v) is 10.2. The zero-order valence-corrected chi connectivity index (χ0v) is 18.3. The minimum absolute atomic E-state index is 0.0165. The van der Waals surface area contributed by atoms with Gasteiger partial charge in [0.05, 0.1) is 29.5 Å². The number of carbonyl (C=O) groups is 1. The van der Waals surface area contributed by atoms with Crippen molar-refractivity contribution in [1.82, 2.24) is 25.0 Å². The molecule has 0 spiro atoms. The molecule has 2 N–H and O–H groups in total. The zero-order valence-electron chi connectivity index (χ0n) is 18.3. The Labute approximate surface area is 189 Å². The molecule has 4 rings (SSSR count). The normalized spacial score (nSPS) is 10.8. The number of aryl methyl sites for hydroxylation is 1. The van der Waals surface area contributed by atoms with Gasteiger partial charge in [0.1, 0.15) is 23.0 Å². The first-order valence-electron chi connectivity index (χ1n) is 10.2. The van der Waals surface area contributed by atoms with Crippen LogP contribution in [0.4, 0.5) is 20.6 Å². The predicted octanol–water partition coefficient (Wildman–Crippen LogP) is 4.97.